The van der Waals surface area contributed by atoms with Crippen molar-refractivity contribution in [2.24, 2.45) is 5.92 Å². The van der Waals surface area contributed by atoms with Crippen LogP contribution >= 0.6 is 11.8 Å². The third-order valence-electron chi connectivity index (χ3n) is 4.56. The van der Waals surface area contributed by atoms with Gasteiger partial charge < -0.3 is 15.4 Å². The Morgan fingerprint density at radius 3 is 2.73 bits per heavy atom. The molecule has 1 aromatic rings. The Morgan fingerprint density at radius 2 is 1.96 bits per heavy atom. The minimum Gasteiger partial charge on any atom is -0.376 e. The maximum atomic E-state index is 11.9. The molecule has 144 valence electrons. The molecule has 0 spiro atoms. The van der Waals surface area contributed by atoms with E-state index in [0.717, 1.165) is 17.7 Å². The molecule has 2 amide bonds. The van der Waals surface area contributed by atoms with Crippen molar-refractivity contribution in [3.05, 3.63) is 29.8 Å². The number of rotatable bonds is 9. The minimum absolute atomic E-state index is 0.0568. The fourth-order valence-electron chi connectivity index (χ4n) is 3.14. The van der Waals surface area contributed by atoms with Gasteiger partial charge in [-0.25, -0.2) is 0 Å². The average molecular weight is 379 g/mol. The van der Waals surface area contributed by atoms with E-state index >= 15 is 0 Å². The van der Waals surface area contributed by atoms with Crippen LogP contribution in [-0.2, 0) is 14.3 Å². The Morgan fingerprint density at radius 1 is 1.19 bits per heavy atom. The smallest absolute Gasteiger partial charge is 0.234 e. The summed E-state index contributed by atoms with van der Waals surface area (Å²) in [6.07, 6.45) is 5.23. The number of hydrogen-bond acceptors (Lipinski definition) is 4. The van der Waals surface area contributed by atoms with Crippen molar-refractivity contribution in [3.63, 3.8) is 0 Å². The predicted octanol–water partition coefficient (Wildman–Crippen LogP) is 3.38. The zero-order valence-electron chi connectivity index (χ0n) is 15.8. The SMILES string of the molecule is Cc1cccc(NC(=O)CSCC(=O)NCCOC2CCCCC2C)c1. The second kappa shape index (κ2) is 11.2. The molecule has 1 aromatic carbocycles. The van der Waals surface area contributed by atoms with Crippen molar-refractivity contribution in [2.75, 3.05) is 30.0 Å². The lowest BCUT2D eigenvalue weighted by Gasteiger charge is -2.28. The molecule has 0 aromatic heterocycles. The van der Waals surface area contributed by atoms with Crippen LogP contribution in [0, 0.1) is 12.8 Å². The molecule has 6 heteroatoms. The predicted molar refractivity (Wildman–Crippen MR) is 108 cm³/mol. The van der Waals surface area contributed by atoms with E-state index in [-0.39, 0.29) is 23.3 Å². The van der Waals surface area contributed by atoms with Crippen molar-refractivity contribution in [2.45, 2.75) is 45.6 Å². The molecular formula is C20H30N2O3S. The maximum absolute atomic E-state index is 11.9. The van der Waals surface area contributed by atoms with E-state index in [4.69, 9.17) is 4.74 Å². The summed E-state index contributed by atoms with van der Waals surface area (Å²) in [5, 5.41) is 5.69. The Balaban J connectivity index is 1.52. The van der Waals surface area contributed by atoms with Gasteiger partial charge in [0.2, 0.25) is 11.8 Å². The summed E-state index contributed by atoms with van der Waals surface area (Å²) < 4.78 is 5.88. The lowest BCUT2D eigenvalue weighted by atomic mass is 9.88. The van der Waals surface area contributed by atoms with Crippen molar-refractivity contribution >= 4 is 29.3 Å². The van der Waals surface area contributed by atoms with E-state index in [9.17, 15) is 9.59 Å². The van der Waals surface area contributed by atoms with Gasteiger partial charge in [-0.2, -0.15) is 0 Å². The van der Waals surface area contributed by atoms with Gasteiger partial charge in [0.25, 0.3) is 0 Å². The van der Waals surface area contributed by atoms with Crippen molar-refractivity contribution in [3.8, 4) is 0 Å². The third-order valence-corrected chi connectivity index (χ3v) is 5.49. The molecule has 0 saturated heterocycles. The van der Waals surface area contributed by atoms with Crippen LogP contribution in [0.5, 0.6) is 0 Å². The van der Waals surface area contributed by atoms with Gasteiger partial charge in [-0.1, -0.05) is 31.9 Å². The maximum Gasteiger partial charge on any atom is 0.234 e. The van der Waals surface area contributed by atoms with Crippen LogP contribution in [0.2, 0.25) is 0 Å². The van der Waals surface area contributed by atoms with Crippen LogP contribution in [0.25, 0.3) is 0 Å². The van der Waals surface area contributed by atoms with Crippen LogP contribution in [-0.4, -0.2) is 42.6 Å². The zero-order valence-corrected chi connectivity index (χ0v) is 16.6. The number of hydrogen-bond donors (Lipinski definition) is 2. The number of benzene rings is 1. The monoisotopic (exact) mass is 378 g/mol. The number of anilines is 1. The number of aryl methyl sites for hydroxylation is 1. The van der Waals surface area contributed by atoms with Crippen molar-refractivity contribution in [1.82, 2.24) is 5.32 Å². The number of carbonyl (C=O) groups excluding carboxylic acids is 2. The second-order valence-corrected chi connectivity index (χ2v) is 7.92. The summed E-state index contributed by atoms with van der Waals surface area (Å²) in [5.74, 6) is 1.00. The molecule has 1 aliphatic carbocycles. The molecule has 0 bridgehead atoms. The first-order chi connectivity index (χ1) is 12.5. The number of amides is 2. The third kappa shape index (κ3) is 7.79. The highest BCUT2D eigenvalue weighted by Crippen LogP contribution is 2.25. The van der Waals surface area contributed by atoms with E-state index in [1.165, 1.54) is 31.0 Å². The first-order valence-corrected chi connectivity index (χ1v) is 10.5. The van der Waals surface area contributed by atoms with E-state index in [0.29, 0.717) is 25.2 Å². The summed E-state index contributed by atoms with van der Waals surface area (Å²) in [7, 11) is 0. The fourth-order valence-corrected chi connectivity index (χ4v) is 3.79. The van der Waals surface area contributed by atoms with Crippen molar-refractivity contribution in [1.29, 1.82) is 0 Å². The fraction of sp³-hybridized carbons (Fsp3) is 0.600. The normalized spacial score (nSPS) is 19.8. The van der Waals surface area contributed by atoms with Gasteiger partial charge in [0.1, 0.15) is 0 Å². The second-order valence-electron chi connectivity index (χ2n) is 6.93. The molecule has 1 aliphatic rings. The molecule has 2 rings (SSSR count). The number of nitrogens with one attached hydrogen (secondary N) is 2. The molecule has 1 saturated carbocycles. The highest BCUT2D eigenvalue weighted by atomic mass is 32.2. The van der Waals surface area contributed by atoms with Gasteiger partial charge >= 0.3 is 0 Å². The first-order valence-electron chi connectivity index (χ1n) is 9.37. The number of ether oxygens (including phenoxy) is 1. The largest absolute Gasteiger partial charge is 0.376 e. The van der Waals surface area contributed by atoms with E-state index in [1.54, 1.807) is 0 Å². The average Bonchev–Trinajstić information content (AvgIpc) is 2.60. The summed E-state index contributed by atoms with van der Waals surface area (Å²) in [6, 6.07) is 7.66. The first kappa shape index (κ1) is 20.8. The van der Waals surface area contributed by atoms with E-state index < -0.39 is 0 Å². The molecule has 2 N–H and O–H groups in total. The molecule has 26 heavy (non-hydrogen) atoms. The highest BCUT2D eigenvalue weighted by molar-refractivity contribution is 8.00. The van der Waals surface area contributed by atoms with Crippen molar-refractivity contribution < 1.29 is 14.3 Å². The highest BCUT2D eigenvalue weighted by Gasteiger charge is 2.21. The molecule has 0 aliphatic heterocycles. The number of carbonyl (C=O) groups is 2. The van der Waals surface area contributed by atoms with Crippen LogP contribution in [0.1, 0.15) is 38.2 Å². The Hall–Kier alpha value is -1.53. The Bertz CT molecular complexity index is 594. The molecule has 1 fully saturated rings. The van der Waals surface area contributed by atoms with E-state index in [1.807, 2.05) is 31.2 Å². The molecule has 2 atom stereocenters. The summed E-state index contributed by atoms with van der Waals surface area (Å²) in [4.78, 5) is 23.7. The van der Waals surface area contributed by atoms with Gasteiger partial charge in [0, 0.05) is 12.2 Å². The number of thioether (sulfide) groups is 1. The Kier molecular flexibility index (Phi) is 8.98. The van der Waals surface area contributed by atoms with E-state index in [2.05, 4.69) is 17.6 Å². The molecular weight excluding hydrogens is 348 g/mol. The Labute approximate surface area is 160 Å². The van der Waals surface area contributed by atoms with Gasteiger partial charge in [-0.15, -0.1) is 11.8 Å². The minimum atomic E-state index is -0.0944. The molecule has 2 unspecified atom stereocenters. The molecule has 5 nitrogen and oxygen atoms in total. The summed E-state index contributed by atoms with van der Waals surface area (Å²) in [6.45, 7) is 5.30. The lowest BCUT2D eigenvalue weighted by Crippen LogP contribution is -2.32. The topological polar surface area (TPSA) is 67.4 Å². The van der Waals surface area contributed by atoms with Crippen LogP contribution in [0.4, 0.5) is 5.69 Å². The molecule has 0 radical (unpaired) electrons. The quantitative estimate of drug-likeness (QED) is 0.647. The standard InChI is InChI=1S/C20H30N2O3S/c1-15-6-5-8-17(12-15)22-20(24)14-26-13-19(23)21-10-11-25-18-9-4-3-7-16(18)2/h5-6,8,12,16,18H,3-4,7,9-11,13-14H2,1-2H3,(H,21,23)(H,22,24). The van der Waals surface area contributed by atoms with Crippen LogP contribution < -0.4 is 10.6 Å². The van der Waals surface area contributed by atoms with Crippen LogP contribution in [0.3, 0.4) is 0 Å². The van der Waals surface area contributed by atoms with Gasteiger partial charge in [0.15, 0.2) is 0 Å². The lowest BCUT2D eigenvalue weighted by molar-refractivity contribution is -0.119. The molecule has 0 heterocycles. The van der Waals surface area contributed by atoms with Crippen LogP contribution in [0.15, 0.2) is 24.3 Å². The summed E-state index contributed by atoms with van der Waals surface area (Å²) >= 11 is 1.31. The van der Waals surface area contributed by atoms with Gasteiger partial charge in [-0.3, -0.25) is 9.59 Å². The van der Waals surface area contributed by atoms with Gasteiger partial charge in [0.05, 0.1) is 24.2 Å². The zero-order chi connectivity index (χ0) is 18.8. The summed E-state index contributed by atoms with van der Waals surface area (Å²) in [5.41, 5.74) is 1.88. The van der Waals surface area contributed by atoms with Gasteiger partial charge in [-0.05, 0) is 43.4 Å².